The van der Waals surface area contributed by atoms with E-state index in [1.807, 2.05) is 37.3 Å². The second-order valence-corrected chi connectivity index (χ2v) is 7.12. The van der Waals surface area contributed by atoms with E-state index < -0.39 is 0 Å². The van der Waals surface area contributed by atoms with Gasteiger partial charge in [0.25, 0.3) is 0 Å². The van der Waals surface area contributed by atoms with Crippen LogP contribution in [-0.2, 0) is 17.8 Å². The van der Waals surface area contributed by atoms with Crippen LogP contribution in [0.3, 0.4) is 0 Å². The molecule has 2 heterocycles. The van der Waals surface area contributed by atoms with Gasteiger partial charge in [0.2, 0.25) is 0 Å². The topological polar surface area (TPSA) is 33.2 Å². The summed E-state index contributed by atoms with van der Waals surface area (Å²) in [5.41, 5.74) is 2.26. The number of carbonyl (C=O) groups excluding carboxylic acids is 1. The smallest absolute Gasteiger partial charge is 0.141 e. The number of aromatic nitrogens is 1. The number of piperidine rings is 1. The van der Waals surface area contributed by atoms with Gasteiger partial charge in [0.1, 0.15) is 5.78 Å². The second kappa shape index (κ2) is 7.16. The number of hydrogen-bond donors (Lipinski definition) is 0. The Hall–Kier alpha value is -1.52. The lowest BCUT2D eigenvalue weighted by atomic mass is 9.90. The third-order valence-corrected chi connectivity index (χ3v) is 5.06. The molecule has 1 atom stereocenters. The normalized spacial score (nSPS) is 19.2. The van der Waals surface area contributed by atoms with Crippen molar-refractivity contribution in [2.45, 2.75) is 32.7 Å². The number of Topliss-reactive ketones (excluding diaryl/α,β-unsaturated/α-hetero) is 1. The van der Waals surface area contributed by atoms with Gasteiger partial charge in [-0.05, 0) is 31.9 Å². The number of likely N-dealkylation sites (tertiary alicyclic amines) is 1. The molecular formula is C18H22N2OS. The first-order valence-electron chi connectivity index (χ1n) is 7.91. The predicted molar refractivity (Wildman–Crippen MR) is 90.0 cm³/mol. The van der Waals surface area contributed by atoms with Gasteiger partial charge in [-0.1, -0.05) is 30.3 Å². The molecule has 2 aromatic rings. The summed E-state index contributed by atoms with van der Waals surface area (Å²) in [6.07, 6.45) is 2.70. The van der Waals surface area contributed by atoms with Crippen LogP contribution in [-0.4, -0.2) is 28.8 Å². The monoisotopic (exact) mass is 314 g/mol. The number of nitrogens with zero attached hydrogens (tertiary/aromatic N) is 2. The van der Waals surface area contributed by atoms with E-state index in [0.717, 1.165) is 48.7 Å². The predicted octanol–water partition coefficient (Wildman–Crippen LogP) is 3.48. The Labute approximate surface area is 136 Å². The highest BCUT2D eigenvalue weighted by Crippen LogP contribution is 2.21. The van der Waals surface area contributed by atoms with Gasteiger partial charge in [0.05, 0.1) is 10.7 Å². The highest BCUT2D eigenvalue weighted by Gasteiger charge is 2.25. The summed E-state index contributed by atoms with van der Waals surface area (Å²) in [4.78, 5) is 19.4. The van der Waals surface area contributed by atoms with Crippen LogP contribution in [0.1, 0.15) is 29.1 Å². The number of thiazole rings is 1. The van der Waals surface area contributed by atoms with Crippen LogP contribution in [0.25, 0.3) is 0 Å². The molecule has 116 valence electrons. The Morgan fingerprint density at radius 2 is 2.18 bits per heavy atom. The molecule has 0 aliphatic carbocycles. The lowest BCUT2D eigenvalue weighted by molar-refractivity contribution is -0.124. The summed E-state index contributed by atoms with van der Waals surface area (Å²) in [6, 6.07) is 10.1. The van der Waals surface area contributed by atoms with Gasteiger partial charge in [-0.2, -0.15) is 0 Å². The minimum absolute atomic E-state index is 0.175. The van der Waals surface area contributed by atoms with E-state index in [2.05, 4.69) is 15.3 Å². The quantitative estimate of drug-likeness (QED) is 0.847. The highest BCUT2D eigenvalue weighted by molar-refractivity contribution is 7.09. The fourth-order valence-corrected chi connectivity index (χ4v) is 3.72. The summed E-state index contributed by atoms with van der Waals surface area (Å²) in [5, 5.41) is 3.24. The Kier molecular flexibility index (Phi) is 5.01. The minimum atomic E-state index is 0.175. The van der Waals surface area contributed by atoms with Crippen LogP contribution in [0, 0.1) is 12.8 Å². The van der Waals surface area contributed by atoms with Gasteiger partial charge in [0.15, 0.2) is 0 Å². The first kappa shape index (κ1) is 15.4. The van der Waals surface area contributed by atoms with E-state index in [1.165, 1.54) is 0 Å². The van der Waals surface area contributed by atoms with E-state index in [1.54, 1.807) is 11.3 Å². The van der Waals surface area contributed by atoms with Crippen molar-refractivity contribution in [3.05, 3.63) is 52.0 Å². The van der Waals surface area contributed by atoms with Crippen molar-refractivity contribution in [3.8, 4) is 0 Å². The molecule has 0 bridgehead atoms. The minimum Gasteiger partial charge on any atom is -0.299 e. The van der Waals surface area contributed by atoms with Crippen LogP contribution >= 0.6 is 11.3 Å². The molecule has 1 fully saturated rings. The molecule has 0 spiro atoms. The molecule has 1 saturated heterocycles. The Bertz CT molecular complexity index is 623. The zero-order valence-electron chi connectivity index (χ0n) is 13.0. The average Bonchev–Trinajstić information content (AvgIpc) is 2.93. The van der Waals surface area contributed by atoms with Crippen LogP contribution in [0.15, 0.2) is 35.7 Å². The Morgan fingerprint density at radius 3 is 2.91 bits per heavy atom. The zero-order chi connectivity index (χ0) is 15.4. The molecule has 3 rings (SSSR count). The molecule has 0 amide bonds. The number of ketones is 1. The lowest BCUT2D eigenvalue weighted by Gasteiger charge is -2.31. The SMILES string of the molecule is Cc1nc(CN2CCC[C@@H](C(=O)Cc3ccccc3)C2)cs1. The fraction of sp³-hybridized carbons (Fsp3) is 0.444. The van der Waals surface area contributed by atoms with Crippen molar-refractivity contribution in [2.75, 3.05) is 13.1 Å². The number of hydrogen-bond acceptors (Lipinski definition) is 4. The molecule has 1 aromatic heterocycles. The van der Waals surface area contributed by atoms with Gasteiger partial charge in [-0.3, -0.25) is 9.69 Å². The van der Waals surface area contributed by atoms with Gasteiger partial charge in [0, 0.05) is 30.8 Å². The average molecular weight is 314 g/mol. The first-order valence-corrected chi connectivity index (χ1v) is 8.78. The molecule has 0 unspecified atom stereocenters. The zero-order valence-corrected chi connectivity index (χ0v) is 13.8. The standard InChI is InChI=1S/C18H22N2OS/c1-14-19-17(13-22-14)12-20-9-5-8-16(11-20)18(21)10-15-6-3-2-4-7-15/h2-4,6-7,13,16H,5,8-12H2,1H3/t16-/m1/s1. The second-order valence-electron chi connectivity index (χ2n) is 6.06. The molecule has 22 heavy (non-hydrogen) atoms. The maximum Gasteiger partial charge on any atom is 0.141 e. The lowest BCUT2D eigenvalue weighted by Crippen LogP contribution is -2.38. The maximum absolute atomic E-state index is 12.5. The molecular weight excluding hydrogens is 292 g/mol. The Morgan fingerprint density at radius 1 is 1.36 bits per heavy atom. The van der Waals surface area contributed by atoms with Crippen molar-refractivity contribution >= 4 is 17.1 Å². The fourth-order valence-electron chi connectivity index (χ4n) is 3.11. The van der Waals surface area contributed by atoms with Crippen LogP contribution in [0.5, 0.6) is 0 Å². The largest absolute Gasteiger partial charge is 0.299 e. The molecule has 4 heteroatoms. The number of aryl methyl sites for hydroxylation is 1. The Balaban J connectivity index is 1.57. The molecule has 0 saturated carbocycles. The molecule has 0 N–H and O–H groups in total. The van der Waals surface area contributed by atoms with Crippen molar-refractivity contribution in [1.29, 1.82) is 0 Å². The van der Waals surface area contributed by atoms with E-state index in [-0.39, 0.29) is 5.92 Å². The third-order valence-electron chi connectivity index (χ3n) is 4.23. The summed E-state index contributed by atoms with van der Waals surface area (Å²) >= 11 is 1.70. The number of rotatable bonds is 5. The number of carbonyl (C=O) groups is 1. The first-order chi connectivity index (χ1) is 10.7. The highest BCUT2D eigenvalue weighted by atomic mass is 32.1. The van der Waals surface area contributed by atoms with Crippen molar-refractivity contribution in [3.63, 3.8) is 0 Å². The van der Waals surface area contributed by atoms with Crippen molar-refractivity contribution < 1.29 is 4.79 Å². The summed E-state index contributed by atoms with van der Waals surface area (Å²) in [6.45, 7) is 4.87. The maximum atomic E-state index is 12.5. The van der Waals surface area contributed by atoms with Gasteiger partial charge in [-0.25, -0.2) is 4.98 Å². The van der Waals surface area contributed by atoms with Gasteiger partial charge in [-0.15, -0.1) is 11.3 Å². The van der Waals surface area contributed by atoms with E-state index in [4.69, 9.17) is 0 Å². The van der Waals surface area contributed by atoms with E-state index >= 15 is 0 Å². The van der Waals surface area contributed by atoms with Crippen LogP contribution in [0.4, 0.5) is 0 Å². The molecule has 0 radical (unpaired) electrons. The number of benzene rings is 1. The van der Waals surface area contributed by atoms with Crippen LogP contribution in [0.2, 0.25) is 0 Å². The van der Waals surface area contributed by atoms with Crippen molar-refractivity contribution in [2.24, 2.45) is 5.92 Å². The van der Waals surface area contributed by atoms with Crippen molar-refractivity contribution in [1.82, 2.24) is 9.88 Å². The summed E-state index contributed by atoms with van der Waals surface area (Å²) in [5.74, 6) is 0.555. The molecule has 1 aliphatic heterocycles. The molecule has 1 aromatic carbocycles. The van der Waals surface area contributed by atoms with E-state index in [9.17, 15) is 4.79 Å². The third kappa shape index (κ3) is 4.02. The summed E-state index contributed by atoms with van der Waals surface area (Å²) < 4.78 is 0. The van der Waals surface area contributed by atoms with E-state index in [0.29, 0.717) is 12.2 Å². The molecule has 1 aliphatic rings. The molecule has 3 nitrogen and oxygen atoms in total. The summed E-state index contributed by atoms with van der Waals surface area (Å²) in [7, 11) is 0. The van der Waals surface area contributed by atoms with Gasteiger partial charge >= 0.3 is 0 Å². The van der Waals surface area contributed by atoms with Crippen LogP contribution < -0.4 is 0 Å². The van der Waals surface area contributed by atoms with Gasteiger partial charge < -0.3 is 0 Å².